The van der Waals surface area contributed by atoms with Gasteiger partial charge in [0.2, 0.25) is 0 Å². The lowest BCUT2D eigenvalue weighted by molar-refractivity contribution is 0.0973. The van der Waals surface area contributed by atoms with Crippen molar-refractivity contribution < 1.29 is 9.53 Å². The number of aliphatic imine (C=N–C) groups is 1. The van der Waals surface area contributed by atoms with E-state index in [1.807, 2.05) is 31.2 Å². The summed E-state index contributed by atoms with van der Waals surface area (Å²) in [6.07, 6.45) is 5.69. The van der Waals surface area contributed by atoms with Gasteiger partial charge in [-0.25, -0.2) is 4.98 Å². The Hall–Kier alpha value is -2.47. The number of amides is 1. The number of carbonyl (C=O) groups is 1. The molecule has 1 unspecified atom stereocenters. The number of hydrogen-bond donors (Lipinski definition) is 1. The molecule has 0 saturated carbocycles. The number of amidine groups is 1. The molecule has 2 aliphatic rings. The summed E-state index contributed by atoms with van der Waals surface area (Å²) in [4.78, 5) is 21.2. The first-order chi connectivity index (χ1) is 11.7. The van der Waals surface area contributed by atoms with Gasteiger partial charge < -0.3 is 10.1 Å². The smallest absolute Gasteiger partial charge is 0.276 e. The van der Waals surface area contributed by atoms with E-state index < -0.39 is 0 Å². The predicted octanol–water partition coefficient (Wildman–Crippen LogP) is 3.22. The Morgan fingerprint density at radius 2 is 2.33 bits per heavy atom. The number of benzene rings is 1. The molecule has 5 nitrogen and oxygen atoms in total. The van der Waals surface area contributed by atoms with E-state index in [0.29, 0.717) is 11.5 Å². The lowest BCUT2D eigenvalue weighted by Gasteiger charge is -2.11. The van der Waals surface area contributed by atoms with Crippen LogP contribution in [0.4, 0.5) is 0 Å². The summed E-state index contributed by atoms with van der Waals surface area (Å²) in [6.45, 7) is 2.76. The minimum atomic E-state index is -0.223. The zero-order chi connectivity index (χ0) is 16.5. The summed E-state index contributed by atoms with van der Waals surface area (Å²) in [7, 11) is 0. The quantitative estimate of drug-likeness (QED) is 0.914. The molecular weight excluding hydrogens is 322 g/mol. The van der Waals surface area contributed by atoms with Gasteiger partial charge in [-0.2, -0.15) is 0 Å². The number of thiazole rings is 1. The molecular formula is C18H17N3O2S. The van der Waals surface area contributed by atoms with Crippen molar-refractivity contribution in [2.75, 3.05) is 6.61 Å². The van der Waals surface area contributed by atoms with Gasteiger partial charge in [0.15, 0.2) is 0 Å². The second kappa shape index (κ2) is 6.20. The lowest BCUT2D eigenvalue weighted by atomic mass is 10.1. The molecule has 1 N–H and O–H groups in total. The third-order valence-electron chi connectivity index (χ3n) is 4.03. The predicted molar refractivity (Wildman–Crippen MR) is 94.9 cm³/mol. The Kier molecular flexibility index (Phi) is 3.90. The number of nitrogens with one attached hydrogen (secondary N) is 1. The van der Waals surface area contributed by atoms with Crippen LogP contribution in [0.15, 0.2) is 40.7 Å². The number of dihydropyridines is 1. The van der Waals surface area contributed by atoms with Gasteiger partial charge in [-0.3, -0.25) is 9.79 Å². The molecule has 0 aliphatic carbocycles. The van der Waals surface area contributed by atoms with Crippen molar-refractivity contribution in [3.05, 3.63) is 47.0 Å². The topological polar surface area (TPSA) is 63.6 Å². The largest absolute Gasteiger partial charge is 0.493 e. The van der Waals surface area contributed by atoms with E-state index in [0.717, 1.165) is 35.8 Å². The van der Waals surface area contributed by atoms with Crippen LogP contribution < -0.4 is 10.1 Å². The SMILES string of the molecule is CC1CC=CC(NC(=O)c2csc(-c3ccc4c(c3)CCO4)n2)=N1. The van der Waals surface area contributed by atoms with Crippen molar-refractivity contribution in [2.45, 2.75) is 25.8 Å². The fourth-order valence-electron chi connectivity index (χ4n) is 2.79. The summed E-state index contributed by atoms with van der Waals surface area (Å²) >= 11 is 1.47. The van der Waals surface area contributed by atoms with E-state index in [-0.39, 0.29) is 11.9 Å². The van der Waals surface area contributed by atoms with Crippen LogP contribution in [-0.4, -0.2) is 29.4 Å². The van der Waals surface area contributed by atoms with Crippen molar-refractivity contribution in [1.82, 2.24) is 10.3 Å². The van der Waals surface area contributed by atoms with E-state index in [1.54, 1.807) is 5.38 Å². The van der Waals surface area contributed by atoms with Gasteiger partial charge in [0.05, 0.1) is 12.6 Å². The van der Waals surface area contributed by atoms with E-state index in [1.165, 1.54) is 16.9 Å². The number of rotatable bonds is 2. The highest BCUT2D eigenvalue weighted by Crippen LogP contribution is 2.31. The first-order valence-electron chi connectivity index (χ1n) is 7.96. The van der Waals surface area contributed by atoms with Crippen LogP contribution in [0.5, 0.6) is 5.75 Å². The number of nitrogens with zero attached hydrogens (tertiary/aromatic N) is 2. The zero-order valence-electron chi connectivity index (χ0n) is 13.3. The maximum Gasteiger partial charge on any atom is 0.276 e. The van der Waals surface area contributed by atoms with Gasteiger partial charge in [-0.05, 0) is 43.2 Å². The molecule has 2 aromatic rings. The summed E-state index contributed by atoms with van der Waals surface area (Å²) < 4.78 is 5.53. The fraction of sp³-hybridized carbons (Fsp3) is 0.278. The summed E-state index contributed by atoms with van der Waals surface area (Å²) in [5, 5.41) is 5.44. The third kappa shape index (κ3) is 2.97. The highest BCUT2D eigenvalue weighted by molar-refractivity contribution is 7.13. The summed E-state index contributed by atoms with van der Waals surface area (Å²) in [5.41, 5.74) is 2.64. The van der Waals surface area contributed by atoms with Gasteiger partial charge >= 0.3 is 0 Å². The van der Waals surface area contributed by atoms with Crippen LogP contribution in [0.1, 0.15) is 29.4 Å². The van der Waals surface area contributed by atoms with Crippen LogP contribution >= 0.6 is 11.3 Å². The Labute approximate surface area is 144 Å². The van der Waals surface area contributed by atoms with E-state index in [2.05, 4.69) is 21.4 Å². The maximum absolute atomic E-state index is 12.3. The first kappa shape index (κ1) is 15.1. The number of aromatic nitrogens is 1. The summed E-state index contributed by atoms with van der Waals surface area (Å²) in [6, 6.07) is 6.26. The molecule has 0 bridgehead atoms. The average Bonchev–Trinajstić information content (AvgIpc) is 3.23. The normalized spacial score (nSPS) is 18.7. The molecule has 0 radical (unpaired) electrons. The fourth-order valence-corrected chi connectivity index (χ4v) is 3.59. The molecule has 1 aromatic heterocycles. The third-order valence-corrected chi connectivity index (χ3v) is 4.92. The molecule has 6 heteroatoms. The van der Waals surface area contributed by atoms with Gasteiger partial charge in [0.1, 0.15) is 22.3 Å². The van der Waals surface area contributed by atoms with Crippen molar-refractivity contribution in [2.24, 2.45) is 4.99 Å². The number of fused-ring (bicyclic) bond motifs is 1. The van der Waals surface area contributed by atoms with Crippen LogP contribution in [0.3, 0.4) is 0 Å². The van der Waals surface area contributed by atoms with Gasteiger partial charge in [-0.15, -0.1) is 11.3 Å². The number of carbonyl (C=O) groups excluding carboxylic acids is 1. The molecule has 1 atom stereocenters. The minimum absolute atomic E-state index is 0.199. The van der Waals surface area contributed by atoms with E-state index >= 15 is 0 Å². The highest BCUT2D eigenvalue weighted by atomic mass is 32.1. The molecule has 3 heterocycles. The standard InChI is InChI=1S/C18H17N3O2S/c1-11-3-2-4-16(19-11)21-17(22)14-10-24-18(20-14)13-5-6-15-12(9-13)7-8-23-15/h2,4-6,9-11H,3,7-8H2,1H3,(H,19,21,22). The van der Waals surface area contributed by atoms with Crippen LogP contribution in [0.25, 0.3) is 10.6 Å². The van der Waals surface area contributed by atoms with E-state index in [4.69, 9.17) is 4.74 Å². The summed E-state index contributed by atoms with van der Waals surface area (Å²) in [5.74, 6) is 1.33. The Balaban J connectivity index is 1.52. The number of hydrogen-bond acceptors (Lipinski definition) is 5. The molecule has 122 valence electrons. The Bertz CT molecular complexity index is 854. The zero-order valence-corrected chi connectivity index (χ0v) is 14.1. The monoisotopic (exact) mass is 339 g/mol. The maximum atomic E-state index is 12.3. The minimum Gasteiger partial charge on any atom is -0.493 e. The molecule has 0 saturated heterocycles. The van der Waals surface area contributed by atoms with Gasteiger partial charge in [-0.1, -0.05) is 6.08 Å². The molecule has 0 fully saturated rings. The molecule has 4 rings (SSSR count). The first-order valence-corrected chi connectivity index (χ1v) is 8.84. The highest BCUT2D eigenvalue weighted by Gasteiger charge is 2.17. The molecule has 1 aromatic carbocycles. The van der Waals surface area contributed by atoms with Crippen molar-refractivity contribution in [3.63, 3.8) is 0 Å². The molecule has 2 aliphatic heterocycles. The number of ether oxygens (including phenoxy) is 1. The van der Waals surface area contributed by atoms with Crippen molar-refractivity contribution in [1.29, 1.82) is 0 Å². The lowest BCUT2D eigenvalue weighted by Crippen LogP contribution is -2.31. The van der Waals surface area contributed by atoms with Crippen molar-refractivity contribution >= 4 is 23.1 Å². The Morgan fingerprint density at radius 1 is 1.42 bits per heavy atom. The Morgan fingerprint density at radius 3 is 3.21 bits per heavy atom. The van der Waals surface area contributed by atoms with Crippen LogP contribution in [-0.2, 0) is 6.42 Å². The van der Waals surface area contributed by atoms with Crippen LogP contribution in [0.2, 0.25) is 0 Å². The van der Waals surface area contributed by atoms with Gasteiger partial charge in [0.25, 0.3) is 5.91 Å². The average molecular weight is 339 g/mol. The molecule has 24 heavy (non-hydrogen) atoms. The second-order valence-corrected chi connectivity index (χ2v) is 6.77. The van der Waals surface area contributed by atoms with Crippen molar-refractivity contribution in [3.8, 4) is 16.3 Å². The molecule has 1 amide bonds. The van der Waals surface area contributed by atoms with E-state index in [9.17, 15) is 4.79 Å². The van der Waals surface area contributed by atoms with Gasteiger partial charge in [0, 0.05) is 17.4 Å². The molecule has 0 spiro atoms. The van der Waals surface area contributed by atoms with Crippen LogP contribution in [0, 0.1) is 0 Å². The second-order valence-electron chi connectivity index (χ2n) is 5.91.